The van der Waals surface area contributed by atoms with Crippen molar-refractivity contribution >= 4 is 23.2 Å². The summed E-state index contributed by atoms with van der Waals surface area (Å²) in [5.41, 5.74) is 2.53. The van der Waals surface area contributed by atoms with E-state index in [1.54, 1.807) is 30.3 Å². The van der Waals surface area contributed by atoms with E-state index in [0.29, 0.717) is 37.5 Å². The van der Waals surface area contributed by atoms with E-state index in [2.05, 4.69) is 10.6 Å². The van der Waals surface area contributed by atoms with E-state index in [-0.39, 0.29) is 17.6 Å². The minimum absolute atomic E-state index is 0.0437. The Morgan fingerprint density at radius 3 is 2.62 bits per heavy atom. The Kier molecular flexibility index (Phi) is 5.47. The highest BCUT2D eigenvalue weighted by Gasteiger charge is 2.15. The smallest absolute Gasteiger partial charge is 0.291 e. The Morgan fingerprint density at radius 2 is 1.83 bits per heavy atom. The minimum atomic E-state index is -0.320. The lowest BCUT2D eigenvalue weighted by Gasteiger charge is -2.17. The second kappa shape index (κ2) is 8.52. The molecule has 3 aromatic rings. The zero-order valence-electron chi connectivity index (χ0n) is 15.6. The van der Waals surface area contributed by atoms with Gasteiger partial charge in [-0.25, -0.2) is 0 Å². The summed E-state index contributed by atoms with van der Waals surface area (Å²) < 4.78 is 16.5. The van der Waals surface area contributed by atoms with Crippen molar-refractivity contribution in [2.24, 2.45) is 0 Å². The molecule has 1 aliphatic heterocycles. The highest BCUT2D eigenvalue weighted by atomic mass is 16.5. The molecule has 4 rings (SSSR count). The van der Waals surface area contributed by atoms with Gasteiger partial charge in [0.1, 0.15) is 24.7 Å². The molecule has 7 nitrogen and oxygen atoms in total. The zero-order chi connectivity index (χ0) is 20.1. The van der Waals surface area contributed by atoms with Gasteiger partial charge in [-0.2, -0.15) is 0 Å². The maximum absolute atomic E-state index is 12.0. The van der Waals surface area contributed by atoms with Crippen LogP contribution in [0.4, 0.5) is 11.4 Å². The lowest BCUT2D eigenvalue weighted by molar-refractivity contribution is -0.116. The number of ether oxygens (including phenoxy) is 2. The predicted octanol–water partition coefficient (Wildman–Crippen LogP) is 3.87. The molecule has 148 valence electrons. The lowest BCUT2D eigenvalue weighted by Crippen LogP contribution is -2.19. The summed E-state index contributed by atoms with van der Waals surface area (Å²) in [6, 6.07) is 16.0. The van der Waals surface area contributed by atoms with Gasteiger partial charge in [-0.15, -0.1) is 0 Å². The molecule has 0 spiro atoms. The van der Waals surface area contributed by atoms with Crippen molar-refractivity contribution in [3.8, 4) is 11.5 Å². The largest absolute Gasteiger partial charge is 0.490 e. The molecule has 0 atom stereocenters. The Labute approximate surface area is 167 Å². The van der Waals surface area contributed by atoms with Gasteiger partial charge in [0.25, 0.3) is 5.91 Å². The van der Waals surface area contributed by atoms with Crippen molar-refractivity contribution in [3.63, 3.8) is 0 Å². The molecule has 1 aliphatic rings. The third kappa shape index (κ3) is 4.76. The van der Waals surface area contributed by atoms with Crippen molar-refractivity contribution in [3.05, 3.63) is 72.2 Å². The molecule has 2 aromatic carbocycles. The second-order valence-electron chi connectivity index (χ2n) is 6.52. The van der Waals surface area contributed by atoms with E-state index in [0.717, 1.165) is 17.0 Å². The van der Waals surface area contributed by atoms with Crippen molar-refractivity contribution in [2.75, 3.05) is 23.8 Å². The van der Waals surface area contributed by atoms with E-state index < -0.39 is 0 Å². The molecule has 2 heterocycles. The number of fused-ring (bicyclic) bond motifs is 1. The van der Waals surface area contributed by atoms with Gasteiger partial charge in [-0.1, -0.05) is 6.07 Å². The van der Waals surface area contributed by atoms with Crippen molar-refractivity contribution in [2.45, 2.75) is 12.8 Å². The molecule has 0 fully saturated rings. The molecular weight excluding hydrogens is 372 g/mol. The minimum Gasteiger partial charge on any atom is -0.490 e. The molecule has 0 radical (unpaired) electrons. The number of amides is 2. The highest BCUT2D eigenvalue weighted by molar-refractivity contribution is 6.02. The zero-order valence-corrected chi connectivity index (χ0v) is 15.6. The third-order valence-electron chi connectivity index (χ3n) is 4.43. The molecule has 2 N–H and O–H groups in total. The number of hydrogen-bond acceptors (Lipinski definition) is 5. The molecule has 0 saturated heterocycles. The monoisotopic (exact) mass is 392 g/mol. The van der Waals surface area contributed by atoms with Crippen LogP contribution < -0.4 is 20.1 Å². The number of nitrogens with one attached hydrogen (secondary N) is 2. The summed E-state index contributed by atoms with van der Waals surface area (Å²) in [6.07, 6.45) is 2.66. The van der Waals surface area contributed by atoms with Gasteiger partial charge >= 0.3 is 0 Å². The SMILES string of the molecule is O=C1CCc2cc(OCCOc3cccc(NC(=O)c4ccco4)c3)ccc2N1. The van der Waals surface area contributed by atoms with Crippen LogP contribution in [-0.2, 0) is 11.2 Å². The third-order valence-corrected chi connectivity index (χ3v) is 4.43. The van der Waals surface area contributed by atoms with E-state index in [1.807, 2.05) is 24.3 Å². The number of benzene rings is 2. The first-order valence-electron chi connectivity index (χ1n) is 9.31. The van der Waals surface area contributed by atoms with Crippen LogP contribution >= 0.6 is 0 Å². The summed E-state index contributed by atoms with van der Waals surface area (Å²) >= 11 is 0. The topological polar surface area (TPSA) is 89.8 Å². The Hall–Kier alpha value is -3.74. The Morgan fingerprint density at radius 1 is 1.00 bits per heavy atom. The number of anilines is 2. The highest BCUT2D eigenvalue weighted by Crippen LogP contribution is 2.26. The van der Waals surface area contributed by atoms with Crippen LogP contribution in [0.3, 0.4) is 0 Å². The number of carbonyl (C=O) groups is 2. The van der Waals surface area contributed by atoms with E-state index in [1.165, 1.54) is 6.26 Å². The number of hydrogen-bond donors (Lipinski definition) is 2. The van der Waals surface area contributed by atoms with Gasteiger partial charge in [0.15, 0.2) is 5.76 Å². The maximum atomic E-state index is 12.0. The Balaban J connectivity index is 1.27. The van der Waals surface area contributed by atoms with Crippen LogP contribution in [-0.4, -0.2) is 25.0 Å². The lowest BCUT2D eigenvalue weighted by atomic mass is 10.0. The fourth-order valence-corrected chi connectivity index (χ4v) is 3.03. The average molecular weight is 392 g/mol. The fourth-order valence-electron chi connectivity index (χ4n) is 3.03. The van der Waals surface area contributed by atoms with Crippen LogP contribution in [0.1, 0.15) is 22.5 Å². The molecule has 2 amide bonds. The van der Waals surface area contributed by atoms with Gasteiger partial charge in [0.05, 0.1) is 6.26 Å². The summed E-state index contributed by atoms with van der Waals surface area (Å²) in [5.74, 6) is 1.33. The van der Waals surface area contributed by atoms with Gasteiger partial charge < -0.3 is 24.5 Å². The first-order valence-corrected chi connectivity index (χ1v) is 9.31. The summed E-state index contributed by atoms with van der Waals surface area (Å²) in [4.78, 5) is 23.4. The van der Waals surface area contributed by atoms with Gasteiger partial charge in [-0.05, 0) is 54.4 Å². The van der Waals surface area contributed by atoms with E-state index in [9.17, 15) is 9.59 Å². The van der Waals surface area contributed by atoms with Crippen LogP contribution in [0, 0.1) is 0 Å². The molecule has 1 aromatic heterocycles. The van der Waals surface area contributed by atoms with E-state index in [4.69, 9.17) is 13.9 Å². The summed E-state index contributed by atoms with van der Waals surface area (Å²) in [7, 11) is 0. The number of rotatable bonds is 7. The summed E-state index contributed by atoms with van der Waals surface area (Å²) in [6.45, 7) is 0.720. The average Bonchev–Trinajstić information content (AvgIpc) is 3.27. The molecule has 0 bridgehead atoms. The molecule has 0 unspecified atom stereocenters. The van der Waals surface area contributed by atoms with Crippen LogP contribution in [0.2, 0.25) is 0 Å². The number of aryl methyl sites for hydroxylation is 1. The van der Waals surface area contributed by atoms with Crippen molar-refractivity contribution < 1.29 is 23.5 Å². The Bertz CT molecular complexity index is 1010. The number of furan rings is 1. The van der Waals surface area contributed by atoms with E-state index >= 15 is 0 Å². The van der Waals surface area contributed by atoms with Gasteiger partial charge in [-0.3, -0.25) is 9.59 Å². The second-order valence-corrected chi connectivity index (χ2v) is 6.52. The van der Waals surface area contributed by atoms with Crippen LogP contribution in [0.25, 0.3) is 0 Å². The van der Waals surface area contributed by atoms with Gasteiger partial charge in [0.2, 0.25) is 5.91 Å². The maximum Gasteiger partial charge on any atom is 0.291 e. The van der Waals surface area contributed by atoms with Crippen molar-refractivity contribution in [1.82, 2.24) is 0 Å². The quantitative estimate of drug-likeness (QED) is 0.596. The first-order chi connectivity index (χ1) is 14.2. The molecule has 0 aliphatic carbocycles. The van der Waals surface area contributed by atoms with Crippen LogP contribution in [0.5, 0.6) is 11.5 Å². The standard InChI is InChI=1S/C22H20N2O5/c25-21-9-6-15-13-18(7-8-19(15)24-21)28-12-11-27-17-4-1-3-16(14-17)23-22(26)20-5-2-10-29-20/h1-5,7-8,10,13-14H,6,9,11-12H2,(H,23,26)(H,24,25). The normalized spacial score (nSPS) is 12.6. The first kappa shape index (κ1) is 18.6. The van der Waals surface area contributed by atoms with Crippen molar-refractivity contribution in [1.29, 1.82) is 0 Å². The molecular formula is C22H20N2O5. The molecule has 7 heteroatoms. The summed E-state index contributed by atoms with van der Waals surface area (Å²) in [5, 5.41) is 5.61. The molecule has 0 saturated carbocycles. The van der Waals surface area contributed by atoms with Gasteiger partial charge in [0, 0.05) is 23.9 Å². The molecule has 29 heavy (non-hydrogen) atoms. The number of carbonyl (C=O) groups excluding carboxylic acids is 2. The fraction of sp³-hybridized carbons (Fsp3) is 0.182. The predicted molar refractivity (Wildman–Crippen MR) is 107 cm³/mol. The van der Waals surface area contributed by atoms with Crippen LogP contribution in [0.15, 0.2) is 65.3 Å².